The summed E-state index contributed by atoms with van der Waals surface area (Å²) in [5.41, 5.74) is 3.49. The van der Waals surface area contributed by atoms with Crippen LogP contribution in [-0.2, 0) is 4.79 Å². The molecule has 0 saturated carbocycles. The third kappa shape index (κ3) is 6.44. The normalized spacial score (nSPS) is 12.3. The van der Waals surface area contributed by atoms with E-state index in [-0.39, 0.29) is 11.3 Å². The summed E-state index contributed by atoms with van der Waals surface area (Å²) in [6.45, 7) is 8.11. The van der Waals surface area contributed by atoms with E-state index in [9.17, 15) is 4.79 Å². The SMILES string of the molecule is C/C(=N/NC(=O)CCSc1ccc(Cl)cc1)C(C)(C)C. The number of carbonyl (C=O) groups excluding carboxylic acids is 1. The first-order valence-corrected chi connectivity index (χ1v) is 7.87. The van der Waals surface area contributed by atoms with E-state index < -0.39 is 0 Å². The molecule has 0 aliphatic heterocycles. The molecule has 1 amide bonds. The number of hydrogen-bond donors (Lipinski definition) is 1. The van der Waals surface area contributed by atoms with E-state index >= 15 is 0 Å². The van der Waals surface area contributed by atoms with Crippen molar-refractivity contribution in [2.75, 3.05) is 5.75 Å². The zero-order chi connectivity index (χ0) is 15.2. The van der Waals surface area contributed by atoms with E-state index in [1.165, 1.54) is 0 Å². The summed E-state index contributed by atoms with van der Waals surface area (Å²) in [5.74, 6) is 0.660. The standard InChI is InChI=1S/C15H21ClN2OS/c1-11(15(2,3)4)17-18-14(19)9-10-20-13-7-5-12(16)6-8-13/h5-8H,9-10H2,1-4H3,(H,18,19)/b17-11-. The molecule has 1 rings (SSSR count). The molecule has 5 heteroatoms. The van der Waals surface area contributed by atoms with Crippen LogP contribution in [-0.4, -0.2) is 17.4 Å². The van der Waals surface area contributed by atoms with Crippen LogP contribution in [0.25, 0.3) is 0 Å². The number of thioether (sulfide) groups is 1. The Morgan fingerprint density at radius 3 is 2.45 bits per heavy atom. The highest BCUT2D eigenvalue weighted by Gasteiger charge is 2.14. The van der Waals surface area contributed by atoms with Crippen molar-refractivity contribution in [1.29, 1.82) is 0 Å². The molecule has 3 nitrogen and oxygen atoms in total. The lowest BCUT2D eigenvalue weighted by Gasteiger charge is -2.17. The molecule has 0 unspecified atom stereocenters. The van der Waals surface area contributed by atoms with Gasteiger partial charge in [-0.25, -0.2) is 5.43 Å². The molecule has 0 atom stereocenters. The van der Waals surface area contributed by atoms with Crippen molar-refractivity contribution in [3.05, 3.63) is 29.3 Å². The molecule has 1 N–H and O–H groups in total. The highest BCUT2D eigenvalue weighted by molar-refractivity contribution is 7.99. The largest absolute Gasteiger partial charge is 0.273 e. The predicted molar refractivity (Wildman–Crippen MR) is 87.5 cm³/mol. The Morgan fingerprint density at radius 2 is 1.90 bits per heavy atom. The summed E-state index contributed by atoms with van der Waals surface area (Å²) >= 11 is 7.44. The fraction of sp³-hybridized carbons (Fsp3) is 0.467. The maximum Gasteiger partial charge on any atom is 0.240 e. The van der Waals surface area contributed by atoms with Crippen LogP contribution in [0, 0.1) is 5.41 Å². The monoisotopic (exact) mass is 312 g/mol. The number of hydrogen-bond acceptors (Lipinski definition) is 3. The van der Waals surface area contributed by atoms with Crippen LogP contribution >= 0.6 is 23.4 Å². The fourth-order valence-electron chi connectivity index (χ4n) is 1.16. The third-order valence-electron chi connectivity index (χ3n) is 2.85. The summed E-state index contributed by atoms with van der Waals surface area (Å²) in [4.78, 5) is 12.8. The Balaban J connectivity index is 2.32. The smallest absolute Gasteiger partial charge is 0.240 e. The van der Waals surface area contributed by atoms with Crippen molar-refractivity contribution in [2.45, 2.75) is 39.0 Å². The van der Waals surface area contributed by atoms with Gasteiger partial charge >= 0.3 is 0 Å². The van der Waals surface area contributed by atoms with Crippen LogP contribution in [0.4, 0.5) is 0 Å². The van der Waals surface area contributed by atoms with E-state index in [1.54, 1.807) is 11.8 Å². The summed E-state index contributed by atoms with van der Waals surface area (Å²) in [6, 6.07) is 7.60. The molecule has 20 heavy (non-hydrogen) atoms. The molecule has 0 saturated heterocycles. The number of hydrazone groups is 1. The number of halogens is 1. The lowest BCUT2D eigenvalue weighted by molar-refractivity contribution is -0.120. The highest BCUT2D eigenvalue weighted by Crippen LogP contribution is 2.20. The summed E-state index contributed by atoms with van der Waals surface area (Å²) in [5, 5.41) is 4.84. The zero-order valence-electron chi connectivity index (χ0n) is 12.4. The zero-order valence-corrected chi connectivity index (χ0v) is 13.9. The quantitative estimate of drug-likeness (QED) is 0.498. The maximum atomic E-state index is 11.7. The fourth-order valence-corrected chi connectivity index (χ4v) is 2.14. The van der Waals surface area contributed by atoms with Crippen LogP contribution in [0.15, 0.2) is 34.3 Å². The minimum Gasteiger partial charge on any atom is -0.273 e. The summed E-state index contributed by atoms with van der Waals surface area (Å²) in [6.07, 6.45) is 0.439. The maximum absolute atomic E-state index is 11.7. The second-order valence-electron chi connectivity index (χ2n) is 5.53. The van der Waals surface area contributed by atoms with Crippen molar-refractivity contribution >= 4 is 35.0 Å². The molecule has 0 aliphatic rings. The van der Waals surface area contributed by atoms with Gasteiger partial charge in [-0.1, -0.05) is 32.4 Å². The van der Waals surface area contributed by atoms with E-state index in [0.717, 1.165) is 21.4 Å². The van der Waals surface area contributed by atoms with Gasteiger partial charge in [0.05, 0.1) is 0 Å². The first-order chi connectivity index (χ1) is 9.29. The lowest BCUT2D eigenvalue weighted by atomic mass is 9.91. The summed E-state index contributed by atoms with van der Waals surface area (Å²) in [7, 11) is 0. The van der Waals surface area contributed by atoms with E-state index in [4.69, 9.17) is 11.6 Å². The molecule has 1 aromatic carbocycles. The Kier molecular flexibility index (Phi) is 6.56. The van der Waals surface area contributed by atoms with Crippen molar-refractivity contribution in [1.82, 2.24) is 5.43 Å². The molecule has 110 valence electrons. The van der Waals surface area contributed by atoms with Gasteiger partial charge in [0.25, 0.3) is 0 Å². The van der Waals surface area contributed by atoms with Crippen molar-refractivity contribution in [3.63, 3.8) is 0 Å². The van der Waals surface area contributed by atoms with Gasteiger partial charge in [-0.05, 0) is 31.2 Å². The van der Waals surface area contributed by atoms with Crippen LogP contribution in [0.3, 0.4) is 0 Å². The molecular weight excluding hydrogens is 292 g/mol. The molecule has 0 aliphatic carbocycles. The van der Waals surface area contributed by atoms with Crippen LogP contribution in [0.1, 0.15) is 34.1 Å². The number of rotatable bonds is 5. The first-order valence-electron chi connectivity index (χ1n) is 6.51. The van der Waals surface area contributed by atoms with Gasteiger partial charge in [0.2, 0.25) is 5.91 Å². The van der Waals surface area contributed by atoms with Crippen LogP contribution < -0.4 is 5.43 Å². The molecule has 0 spiro atoms. The van der Waals surface area contributed by atoms with Crippen molar-refractivity contribution < 1.29 is 4.79 Å². The minimum atomic E-state index is -0.0601. The van der Waals surface area contributed by atoms with E-state index in [2.05, 4.69) is 31.3 Å². The van der Waals surface area contributed by atoms with Crippen LogP contribution in [0.2, 0.25) is 5.02 Å². The minimum absolute atomic E-state index is 0.0225. The number of nitrogens with zero attached hydrogens (tertiary/aromatic N) is 1. The highest BCUT2D eigenvalue weighted by atomic mass is 35.5. The third-order valence-corrected chi connectivity index (χ3v) is 4.11. The van der Waals surface area contributed by atoms with Gasteiger partial charge in [-0.2, -0.15) is 5.10 Å². The molecule has 0 heterocycles. The molecule has 0 aromatic heterocycles. The number of carbonyl (C=O) groups is 1. The molecular formula is C15H21ClN2OS. The van der Waals surface area contributed by atoms with E-state index in [0.29, 0.717) is 6.42 Å². The average Bonchev–Trinajstić information content (AvgIpc) is 2.37. The Morgan fingerprint density at radius 1 is 1.30 bits per heavy atom. The van der Waals surface area contributed by atoms with Gasteiger partial charge in [0, 0.05) is 33.2 Å². The Hall–Kier alpha value is -1.00. The topological polar surface area (TPSA) is 41.5 Å². The second-order valence-corrected chi connectivity index (χ2v) is 7.14. The van der Waals surface area contributed by atoms with Gasteiger partial charge in [-0.15, -0.1) is 11.8 Å². The number of nitrogens with one attached hydrogen (secondary N) is 1. The van der Waals surface area contributed by atoms with E-state index in [1.807, 2.05) is 31.2 Å². The van der Waals surface area contributed by atoms with Crippen molar-refractivity contribution in [2.24, 2.45) is 10.5 Å². The Labute approximate surface area is 130 Å². The van der Waals surface area contributed by atoms with Crippen molar-refractivity contribution in [3.8, 4) is 0 Å². The molecule has 0 bridgehead atoms. The lowest BCUT2D eigenvalue weighted by Crippen LogP contribution is -2.24. The Bertz CT molecular complexity index is 478. The van der Waals surface area contributed by atoms with Gasteiger partial charge in [-0.3, -0.25) is 4.79 Å². The van der Waals surface area contributed by atoms with Gasteiger partial charge in [0.1, 0.15) is 0 Å². The second kappa shape index (κ2) is 7.70. The van der Waals surface area contributed by atoms with Gasteiger partial charge < -0.3 is 0 Å². The van der Waals surface area contributed by atoms with Gasteiger partial charge in [0.15, 0.2) is 0 Å². The number of amides is 1. The molecule has 0 fully saturated rings. The summed E-state index contributed by atoms with van der Waals surface area (Å²) < 4.78 is 0. The first kappa shape index (κ1) is 17.1. The average molecular weight is 313 g/mol. The molecule has 1 aromatic rings. The predicted octanol–water partition coefficient (Wildman–Crippen LogP) is 4.36. The molecule has 0 radical (unpaired) electrons. The van der Waals surface area contributed by atoms with Crippen LogP contribution in [0.5, 0.6) is 0 Å². The number of benzene rings is 1.